The van der Waals surface area contributed by atoms with Crippen LogP contribution in [0.1, 0.15) is 96.0 Å². The molecule has 0 bridgehead atoms. The van der Waals surface area contributed by atoms with Gasteiger partial charge >= 0.3 is 5.97 Å². The van der Waals surface area contributed by atoms with E-state index in [2.05, 4.69) is 37.3 Å². The molecule has 25 heavy (non-hydrogen) atoms. The number of carboxylic acid groups (broad SMARTS) is 1. The fourth-order valence-electron chi connectivity index (χ4n) is 3.57. The van der Waals surface area contributed by atoms with Gasteiger partial charge in [0, 0.05) is 6.42 Å². The average molecular weight is 347 g/mol. The third kappa shape index (κ3) is 12.7. The van der Waals surface area contributed by atoms with Crippen LogP contribution in [0.3, 0.4) is 0 Å². The quantitative estimate of drug-likeness (QED) is 0.326. The van der Waals surface area contributed by atoms with Crippen LogP contribution < -0.4 is 0 Å². The van der Waals surface area contributed by atoms with E-state index >= 15 is 0 Å². The Morgan fingerprint density at radius 2 is 1.40 bits per heavy atom. The molecule has 1 aromatic rings. The van der Waals surface area contributed by atoms with E-state index in [9.17, 15) is 4.79 Å². The highest BCUT2D eigenvalue weighted by molar-refractivity contribution is 5.66. The van der Waals surface area contributed by atoms with Crippen LogP contribution in [0.25, 0.3) is 0 Å². The summed E-state index contributed by atoms with van der Waals surface area (Å²) in [6.07, 6.45) is 16.7. The second kappa shape index (κ2) is 15.0. The van der Waals surface area contributed by atoms with Crippen molar-refractivity contribution in [2.75, 3.05) is 0 Å². The van der Waals surface area contributed by atoms with Crippen molar-refractivity contribution in [3.8, 4) is 0 Å². The molecule has 0 saturated carbocycles. The fourth-order valence-corrected chi connectivity index (χ4v) is 3.57. The van der Waals surface area contributed by atoms with Crippen molar-refractivity contribution < 1.29 is 9.90 Å². The van der Waals surface area contributed by atoms with Crippen LogP contribution in [0.2, 0.25) is 0 Å². The van der Waals surface area contributed by atoms with Crippen molar-refractivity contribution in [1.29, 1.82) is 0 Å². The van der Waals surface area contributed by atoms with E-state index in [0.29, 0.717) is 6.42 Å². The van der Waals surface area contributed by atoms with Gasteiger partial charge in [0.25, 0.3) is 0 Å². The Balaban J connectivity index is 2.26. The normalized spacial score (nSPS) is 12.2. The van der Waals surface area contributed by atoms with Gasteiger partial charge < -0.3 is 5.11 Å². The molecule has 0 radical (unpaired) electrons. The summed E-state index contributed by atoms with van der Waals surface area (Å²) in [6.45, 7) is 2.27. The predicted octanol–water partition coefficient (Wildman–Crippen LogP) is 7.02. The molecular weight excluding hydrogens is 308 g/mol. The van der Waals surface area contributed by atoms with Gasteiger partial charge in [-0.2, -0.15) is 0 Å². The number of benzene rings is 1. The lowest BCUT2D eigenvalue weighted by Crippen LogP contribution is -2.05. The second-order valence-electron chi connectivity index (χ2n) is 7.46. The number of hydrogen-bond acceptors (Lipinski definition) is 1. The monoisotopic (exact) mass is 346 g/mol. The minimum atomic E-state index is -0.663. The van der Waals surface area contributed by atoms with E-state index < -0.39 is 5.97 Å². The summed E-state index contributed by atoms with van der Waals surface area (Å²) in [7, 11) is 0. The van der Waals surface area contributed by atoms with Gasteiger partial charge in [-0.1, -0.05) is 108 Å². The summed E-state index contributed by atoms with van der Waals surface area (Å²) < 4.78 is 0. The van der Waals surface area contributed by atoms with Crippen molar-refractivity contribution in [1.82, 2.24) is 0 Å². The summed E-state index contributed by atoms with van der Waals surface area (Å²) in [5, 5.41) is 8.74. The Kier molecular flexibility index (Phi) is 13.0. The van der Waals surface area contributed by atoms with Gasteiger partial charge in [0.2, 0.25) is 0 Å². The molecule has 1 rings (SSSR count). The molecule has 1 unspecified atom stereocenters. The van der Waals surface area contributed by atoms with Crippen LogP contribution in [-0.4, -0.2) is 11.1 Å². The van der Waals surface area contributed by atoms with E-state index in [1.54, 1.807) is 0 Å². The van der Waals surface area contributed by atoms with Gasteiger partial charge in [0.05, 0.1) is 0 Å². The van der Waals surface area contributed by atoms with E-state index in [4.69, 9.17) is 5.11 Å². The van der Waals surface area contributed by atoms with Crippen LogP contribution in [0.15, 0.2) is 30.3 Å². The second-order valence-corrected chi connectivity index (χ2v) is 7.46. The van der Waals surface area contributed by atoms with Crippen molar-refractivity contribution >= 4 is 5.97 Å². The summed E-state index contributed by atoms with van der Waals surface area (Å²) in [5.41, 5.74) is 1.45. The lowest BCUT2D eigenvalue weighted by atomic mass is 9.89. The highest BCUT2D eigenvalue weighted by Crippen LogP contribution is 2.23. The number of carboxylic acids is 1. The van der Waals surface area contributed by atoms with Crippen molar-refractivity contribution in [3.05, 3.63) is 35.9 Å². The van der Waals surface area contributed by atoms with Gasteiger partial charge in [-0.05, 0) is 24.3 Å². The lowest BCUT2D eigenvalue weighted by molar-refractivity contribution is -0.137. The zero-order valence-corrected chi connectivity index (χ0v) is 16.2. The maximum Gasteiger partial charge on any atom is 0.303 e. The van der Waals surface area contributed by atoms with Gasteiger partial charge in [0.1, 0.15) is 0 Å². The van der Waals surface area contributed by atoms with Crippen molar-refractivity contribution in [2.45, 2.75) is 96.8 Å². The largest absolute Gasteiger partial charge is 0.481 e. The van der Waals surface area contributed by atoms with Crippen LogP contribution in [0, 0.1) is 5.92 Å². The first kappa shape index (κ1) is 21.7. The van der Waals surface area contributed by atoms with Crippen molar-refractivity contribution in [2.24, 2.45) is 5.92 Å². The smallest absolute Gasteiger partial charge is 0.303 e. The van der Waals surface area contributed by atoms with Gasteiger partial charge in [-0.3, -0.25) is 4.79 Å². The van der Waals surface area contributed by atoms with Crippen LogP contribution in [0.5, 0.6) is 0 Å². The molecule has 2 nitrogen and oxygen atoms in total. The number of hydrogen-bond donors (Lipinski definition) is 1. The van der Waals surface area contributed by atoms with Crippen molar-refractivity contribution in [3.63, 3.8) is 0 Å². The first-order valence-corrected chi connectivity index (χ1v) is 10.5. The number of rotatable bonds is 16. The molecule has 0 amide bonds. The standard InChI is InChI=1S/C23H38O2/c1-2-3-4-5-6-7-10-15-21(18-13-9-14-19-23(24)25)20-22-16-11-8-12-17-22/h8,11-12,16-17,21H,2-7,9-10,13-15,18-20H2,1H3,(H,24,25). The molecule has 0 aliphatic rings. The maximum atomic E-state index is 10.6. The number of carbonyl (C=O) groups is 1. The Bertz CT molecular complexity index is 427. The minimum Gasteiger partial charge on any atom is -0.481 e. The Morgan fingerprint density at radius 3 is 2.00 bits per heavy atom. The molecule has 0 fully saturated rings. The molecule has 1 aromatic carbocycles. The highest BCUT2D eigenvalue weighted by atomic mass is 16.4. The van der Waals surface area contributed by atoms with E-state index in [1.165, 1.54) is 76.2 Å². The summed E-state index contributed by atoms with van der Waals surface area (Å²) in [5.74, 6) is 0.0896. The fraction of sp³-hybridized carbons (Fsp3) is 0.696. The molecule has 0 aliphatic heterocycles. The molecule has 0 aliphatic carbocycles. The lowest BCUT2D eigenvalue weighted by Gasteiger charge is -2.17. The van der Waals surface area contributed by atoms with Gasteiger partial charge in [0.15, 0.2) is 0 Å². The maximum absolute atomic E-state index is 10.6. The third-order valence-corrected chi connectivity index (χ3v) is 5.09. The van der Waals surface area contributed by atoms with Gasteiger partial charge in [-0.15, -0.1) is 0 Å². The molecular formula is C23H38O2. The first-order valence-electron chi connectivity index (χ1n) is 10.5. The molecule has 2 heteroatoms. The van der Waals surface area contributed by atoms with Crippen LogP contribution in [0.4, 0.5) is 0 Å². The zero-order valence-electron chi connectivity index (χ0n) is 16.2. The summed E-state index contributed by atoms with van der Waals surface area (Å²) in [6, 6.07) is 10.8. The number of aliphatic carboxylic acids is 1. The van der Waals surface area contributed by atoms with E-state index in [0.717, 1.165) is 18.8 Å². The summed E-state index contributed by atoms with van der Waals surface area (Å²) >= 11 is 0. The van der Waals surface area contributed by atoms with Crippen LogP contribution in [-0.2, 0) is 11.2 Å². The zero-order chi connectivity index (χ0) is 18.2. The molecule has 1 atom stereocenters. The topological polar surface area (TPSA) is 37.3 Å². The molecule has 1 N–H and O–H groups in total. The molecule has 142 valence electrons. The summed E-state index contributed by atoms with van der Waals surface area (Å²) in [4.78, 5) is 10.6. The SMILES string of the molecule is CCCCCCCCCC(CCCCCC(=O)O)Cc1ccccc1. The van der Waals surface area contributed by atoms with Gasteiger partial charge in [-0.25, -0.2) is 0 Å². The Hall–Kier alpha value is -1.31. The average Bonchev–Trinajstić information content (AvgIpc) is 2.61. The van der Waals surface area contributed by atoms with Crippen LogP contribution >= 0.6 is 0 Å². The Morgan fingerprint density at radius 1 is 0.840 bits per heavy atom. The molecule has 0 heterocycles. The Labute approximate surface area is 155 Å². The highest BCUT2D eigenvalue weighted by Gasteiger charge is 2.10. The molecule has 0 spiro atoms. The molecule has 0 saturated heterocycles. The third-order valence-electron chi connectivity index (χ3n) is 5.09. The predicted molar refractivity (Wildman–Crippen MR) is 107 cm³/mol. The van der Waals surface area contributed by atoms with E-state index in [1.807, 2.05) is 0 Å². The molecule has 0 aromatic heterocycles. The minimum absolute atomic E-state index is 0.321. The first-order chi connectivity index (χ1) is 12.2. The number of unbranched alkanes of at least 4 members (excludes halogenated alkanes) is 8. The van der Waals surface area contributed by atoms with E-state index in [-0.39, 0.29) is 0 Å².